The molecule has 3 rings (SSSR count). The SMILES string of the molecule is [F][Sb-]([F])([F])([F])([F])[F].[H+].c1ccc([S+](c2ccccc2)c2ccccc2)cc1. The molecule has 0 heterocycles. The largest absolute Gasteiger partial charge is 1.00 e. The van der Waals surface area contributed by atoms with Crippen LogP contribution in [0.5, 0.6) is 0 Å². The minimum Gasteiger partial charge on any atom is -0.0619 e. The van der Waals surface area contributed by atoms with E-state index in [0.29, 0.717) is 0 Å². The van der Waals surface area contributed by atoms with E-state index in [9.17, 15) is 16.9 Å². The van der Waals surface area contributed by atoms with E-state index in [2.05, 4.69) is 91.0 Å². The fraction of sp³-hybridized carbons (Fsp3) is 0. The molecule has 26 heavy (non-hydrogen) atoms. The van der Waals surface area contributed by atoms with Crippen LogP contribution in [0.15, 0.2) is 106 Å². The van der Waals surface area contributed by atoms with Gasteiger partial charge >= 0.3 is 37.8 Å². The van der Waals surface area contributed by atoms with Gasteiger partial charge in [0.05, 0.1) is 10.9 Å². The molecule has 0 aliphatic carbocycles. The van der Waals surface area contributed by atoms with Crippen LogP contribution in [0.2, 0.25) is 0 Å². The van der Waals surface area contributed by atoms with Crippen molar-refractivity contribution in [2.45, 2.75) is 14.7 Å². The first-order chi connectivity index (χ1) is 11.9. The summed E-state index contributed by atoms with van der Waals surface area (Å²) in [7, 11) is -0.0146. The van der Waals surface area contributed by atoms with Crippen molar-refractivity contribution in [3.05, 3.63) is 91.0 Å². The first-order valence-electron chi connectivity index (χ1n) is 7.36. The molecular formula is C18H16F6SSb+. The standard InChI is InChI=1S/C18H15S.6FH.Sb/c1-4-10-16(11-5-1)19(17-12-6-2-7-13-17)18-14-8-3-9-15-18;;;;;;;/h1-15H;6*1H;/q+1;;;;;;;+5/p-5. The maximum Gasteiger partial charge on any atom is 1.00 e. The van der Waals surface area contributed by atoms with E-state index in [1.54, 1.807) is 0 Å². The fourth-order valence-corrected chi connectivity index (χ4v) is 4.18. The third-order valence-electron chi connectivity index (χ3n) is 2.94. The zero-order valence-electron chi connectivity index (χ0n) is 14.3. The second kappa shape index (κ2) is 7.20. The van der Waals surface area contributed by atoms with E-state index in [1.807, 2.05) is 0 Å². The molecule has 0 aliphatic heterocycles. The Bertz CT molecular complexity index is 722. The quantitative estimate of drug-likeness (QED) is 0.206. The molecule has 0 saturated carbocycles. The summed E-state index contributed by atoms with van der Waals surface area (Å²) in [5, 5.41) is 0. The van der Waals surface area contributed by atoms with Crippen molar-refractivity contribution in [3.8, 4) is 0 Å². The molecule has 0 fully saturated rings. The molecule has 0 saturated heterocycles. The molecule has 0 bridgehead atoms. The van der Waals surface area contributed by atoms with E-state index in [-0.39, 0.29) is 12.3 Å². The molecule has 3 aromatic rings. The van der Waals surface area contributed by atoms with Crippen molar-refractivity contribution < 1.29 is 18.3 Å². The summed E-state index contributed by atoms with van der Waals surface area (Å²) in [5.74, 6) is 0. The van der Waals surface area contributed by atoms with Gasteiger partial charge < -0.3 is 0 Å². The zero-order valence-corrected chi connectivity index (χ0v) is 16.7. The molecule has 140 valence electrons. The van der Waals surface area contributed by atoms with Crippen molar-refractivity contribution in [3.63, 3.8) is 0 Å². The molecule has 0 spiro atoms. The van der Waals surface area contributed by atoms with E-state index in [1.165, 1.54) is 14.7 Å². The number of rotatable bonds is 3. The molecule has 0 aliphatic rings. The molecule has 0 nitrogen and oxygen atoms in total. The first-order valence-corrected chi connectivity index (χ1v) is 14.4. The van der Waals surface area contributed by atoms with Crippen molar-refractivity contribution in [1.82, 2.24) is 0 Å². The summed E-state index contributed by atoms with van der Waals surface area (Å²) in [6, 6.07) is 32.2. The van der Waals surface area contributed by atoms with Gasteiger partial charge in [-0.25, -0.2) is 0 Å². The second-order valence-corrected chi connectivity index (χ2v) is 12.7. The molecule has 0 aromatic heterocycles. The van der Waals surface area contributed by atoms with Crippen LogP contribution in [0.25, 0.3) is 0 Å². The Kier molecular flexibility index (Phi) is 5.74. The van der Waals surface area contributed by atoms with Crippen LogP contribution in [0.1, 0.15) is 1.43 Å². The van der Waals surface area contributed by atoms with Gasteiger partial charge in [0.2, 0.25) is 0 Å². The van der Waals surface area contributed by atoms with Crippen LogP contribution >= 0.6 is 0 Å². The molecule has 0 N–H and O–H groups in total. The maximum absolute atomic E-state index is 11.2. The van der Waals surface area contributed by atoms with Crippen LogP contribution in [0.3, 0.4) is 0 Å². The molecule has 0 atom stereocenters. The van der Waals surface area contributed by atoms with Crippen molar-refractivity contribution in [2.75, 3.05) is 0 Å². The average Bonchev–Trinajstić information content (AvgIpc) is 2.55. The number of halogens is 6. The Balaban J connectivity index is 0.000000395. The zero-order chi connectivity index (χ0) is 19.3. The van der Waals surface area contributed by atoms with Gasteiger partial charge in [-0.2, -0.15) is 0 Å². The Morgan fingerprint density at radius 2 is 0.654 bits per heavy atom. The van der Waals surface area contributed by atoms with Gasteiger partial charge in [0, 0.05) is 0 Å². The van der Waals surface area contributed by atoms with Gasteiger partial charge in [-0.1, -0.05) is 54.6 Å². The predicted molar refractivity (Wildman–Crippen MR) is 95.0 cm³/mol. The second-order valence-electron chi connectivity index (χ2n) is 5.20. The molecule has 8 heteroatoms. The third-order valence-corrected chi connectivity index (χ3v) is 5.17. The van der Waals surface area contributed by atoms with Gasteiger partial charge in [-0.05, 0) is 36.4 Å². The Morgan fingerprint density at radius 3 is 0.846 bits per heavy atom. The monoisotopic (exact) mass is 499 g/mol. The summed E-state index contributed by atoms with van der Waals surface area (Å²) in [4.78, 5) is 4.08. The summed E-state index contributed by atoms with van der Waals surface area (Å²) in [5.41, 5.74) is 0. The van der Waals surface area contributed by atoms with E-state index in [0.717, 1.165) is 0 Å². The molecule has 3 aromatic carbocycles. The Hall–Kier alpha value is -1.59. The summed E-state index contributed by atoms with van der Waals surface area (Å²) < 4.78 is 59.6. The van der Waals surface area contributed by atoms with E-state index in [4.69, 9.17) is 0 Å². The Labute approximate surface area is 154 Å². The average molecular weight is 500 g/mol. The molecule has 0 radical (unpaired) electrons. The number of benzene rings is 3. The van der Waals surface area contributed by atoms with Gasteiger partial charge in [0.25, 0.3) is 0 Å². The number of hydrogen-bond donors (Lipinski definition) is 0. The minimum atomic E-state index is -11.2. The van der Waals surface area contributed by atoms with Crippen molar-refractivity contribution in [1.29, 1.82) is 0 Å². The van der Waals surface area contributed by atoms with Gasteiger partial charge in [-0.3, -0.25) is 0 Å². The molecule has 0 amide bonds. The summed E-state index contributed by atoms with van der Waals surface area (Å²) in [6.45, 7) is 0. The van der Waals surface area contributed by atoms with E-state index >= 15 is 0 Å². The molecular weight excluding hydrogens is 484 g/mol. The smallest absolute Gasteiger partial charge is 0.0619 e. The topological polar surface area (TPSA) is 0 Å². The van der Waals surface area contributed by atoms with Crippen molar-refractivity contribution in [2.24, 2.45) is 0 Å². The van der Waals surface area contributed by atoms with Crippen LogP contribution in [-0.4, -0.2) is 19.5 Å². The van der Waals surface area contributed by atoms with Crippen LogP contribution < -0.4 is 0 Å². The maximum atomic E-state index is 9.93. The molecule has 0 unspecified atom stereocenters. The summed E-state index contributed by atoms with van der Waals surface area (Å²) in [6.07, 6.45) is 0. The number of hydrogen-bond acceptors (Lipinski definition) is 0. The predicted octanol–water partition coefficient (Wildman–Crippen LogP) is 7.03. The van der Waals surface area contributed by atoms with Gasteiger partial charge in [0.1, 0.15) is 0 Å². The van der Waals surface area contributed by atoms with Crippen LogP contribution in [-0.2, 0) is 10.9 Å². The van der Waals surface area contributed by atoms with Crippen LogP contribution in [0, 0.1) is 0 Å². The van der Waals surface area contributed by atoms with Crippen LogP contribution in [0.4, 0.5) is 16.9 Å². The van der Waals surface area contributed by atoms with Gasteiger partial charge in [-0.15, -0.1) is 0 Å². The fourth-order valence-electron chi connectivity index (χ4n) is 2.08. The summed E-state index contributed by atoms with van der Waals surface area (Å²) >= 11 is -11.2. The first kappa shape index (κ1) is 20.7. The van der Waals surface area contributed by atoms with E-state index < -0.39 is 19.5 Å². The normalized spacial score (nSPS) is 14.0. The van der Waals surface area contributed by atoms with Gasteiger partial charge in [0.15, 0.2) is 14.7 Å². The third kappa shape index (κ3) is 8.67. The van der Waals surface area contributed by atoms with Crippen molar-refractivity contribution >= 4 is 30.4 Å². The Morgan fingerprint density at radius 1 is 0.462 bits per heavy atom. The minimum absolute atomic E-state index is 0.